The number of primary amides is 1. The number of hydrogen-bond acceptors (Lipinski definition) is 4. The van der Waals surface area contributed by atoms with Crippen molar-refractivity contribution < 1.29 is 9.59 Å². The Hall–Kier alpha value is -1.98. The summed E-state index contributed by atoms with van der Waals surface area (Å²) in [5.74, 6) is -1.19. The zero-order valence-corrected chi connectivity index (χ0v) is 7.53. The summed E-state index contributed by atoms with van der Waals surface area (Å²) in [5.41, 5.74) is 4.68. The third kappa shape index (κ3) is 2.51. The maximum absolute atomic E-state index is 11.0. The van der Waals surface area contributed by atoms with Crippen LogP contribution in [0.15, 0.2) is 10.9 Å². The van der Waals surface area contributed by atoms with Crippen molar-refractivity contribution in [1.82, 2.24) is 9.97 Å². The monoisotopic (exact) mass is 195 g/mol. The van der Waals surface area contributed by atoms with Crippen molar-refractivity contribution in [2.45, 2.75) is 13.3 Å². The zero-order chi connectivity index (χ0) is 10.7. The molecule has 6 heteroatoms. The Balaban J connectivity index is 3.13. The van der Waals surface area contributed by atoms with Crippen LogP contribution in [0.25, 0.3) is 0 Å². The van der Waals surface area contributed by atoms with E-state index in [1.807, 2.05) is 0 Å². The van der Waals surface area contributed by atoms with Crippen LogP contribution in [0.1, 0.15) is 23.2 Å². The van der Waals surface area contributed by atoms with Gasteiger partial charge in [-0.3, -0.25) is 14.4 Å². The summed E-state index contributed by atoms with van der Waals surface area (Å²) in [6.45, 7) is 1.37. The topological polar surface area (TPSA) is 106 Å². The molecule has 0 saturated heterocycles. The largest absolute Gasteiger partial charge is 0.363 e. The Morgan fingerprint density at radius 1 is 1.57 bits per heavy atom. The van der Waals surface area contributed by atoms with Crippen LogP contribution in [-0.2, 0) is 11.2 Å². The summed E-state index contributed by atoms with van der Waals surface area (Å²) in [6, 6.07) is 1.16. The molecule has 0 aromatic carbocycles. The van der Waals surface area contributed by atoms with Crippen molar-refractivity contribution in [1.29, 1.82) is 0 Å². The Morgan fingerprint density at radius 2 is 2.21 bits per heavy atom. The van der Waals surface area contributed by atoms with Crippen molar-refractivity contribution in [3.05, 3.63) is 27.9 Å². The normalized spacial score (nSPS) is 9.79. The molecule has 0 unspecified atom stereocenters. The molecule has 0 radical (unpaired) electrons. The first-order valence-corrected chi connectivity index (χ1v) is 3.88. The lowest BCUT2D eigenvalue weighted by Gasteiger charge is -1.98. The Labute approximate surface area is 79.2 Å². The Bertz CT molecular complexity index is 436. The molecule has 3 N–H and O–H groups in total. The van der Waals surface area contributed by atoms with Crippen LogP contribution in [0.5, 0.6) is 0 Å². The highest BCUT2D eigenvalue weighted by molar-refractivity contribution is 5.88. The summed E-state index contributed by atoms with van der Waals surface area (Å²) in [7, 11) is 0. The van der Waals surface area contributed by atoms with Crippen molar-refractivity contribution in [2.75, 3.05) is 0 Å². The van der Waals surface area contributed by atoms with E-state index in [1.54, 1.807) is 0 Å². The van der Waals surface area contributed by atoms with Gasteiger partial charge in [-0.25, -0.2) is 4.98 Å². The number of H-pyrrole nitrogens is 1. The number of Topliss-reactive ketones (excluding diaryl/α,β-unsaturated/α-hetero) is 1. The average Bonchev–Trinajstić information content (AvgIpc) is 2.01. The smallest absolute Gasteiger partial charge is 0.284 e. The molecule has 0 aliphatic rings. The van der Waals surface area contributed by atoms with Crippen molar-refractivity contribution in [2.24, 2.45) is 5.73 Å². The fraction of sp³-hybridized carbons (Fsp3) is 0.250. The number of ketones is 1. The molecule has 0 aliphatic heterocycles. The highest BCUT2D eigenvalue weighted by Crippen LogP contribution is 1.93. The van der Waals surface area contributed by atoms with E-state index in [0.29, 0.717) is 0 Å². The van der Waals surface area contributed by atoms with Gasteiger partial charge in [0.15, 0.2) is 5.82 Å². The van der Waals surface area contributed by atoms with E-state index in [4.69, 9.17) is 5.73 Å². The molecule has 0 fully saturated rings. The number of carbonyl (C=O) groups is 2. The highest BCUT2D eigenvalue weighted by atomic mass is 16.2. The summed E-state index contributed by atoms with van der Waals surface area (Å²) < 4.78 is 0. The van der Waals surface area contributed by atoms with Crippen LogP contribution in [0.4, 0.5) is 0 Å². The summed E-state index contributed by atoms with van der Waals surface area (Å²) in [4.78, 5) is 38.3. The van der Waals surface area contributed by atoms with Crippen LogP contribution in [0.2, 0.25) is 0 Å². The Kier molecular flexibility index (Phi) is 2.76. The number of aromatic amines is 1. The molecule has 6 nitrogen and oxygen atoms in total. The van der Waals surface area contributed by atoms with Gasteiger partial charge in [-0.1, -0.05) is 0 Å². The minimum atomic E-state index is -0.826. The predicted molar refractivity (Wildman–Crippen MR) is 47.8 cm³/mol. The van der Waals surface area contributed by atoms with E-state index in [0.717, 1.165) is 6.07 Å². The number of aromatic nitrogens is 2. The molecule has 1 amide bonds. The number of carbonyl (C=O) groups excluding carboxylic acids is 2. The van der Waals surface area contributed by atoms with E-state index in [9.17, 15) is 14.4 Å². The fourth-order valence-corrected chi connectivity index (χ4v) is 0.970. The van der Waals surface area contributed by atoms with Crippen LogP contribution in [-0.4, -0.2) is 21.7 Å². The van der Waals surface area contributed by atoms with Gasteiger partial charge in [0.05, 0.1) is 5.69 Å². The van der Waals surface area contributed by atoms with Crippen LogP contribution < -0.4 is 11.3 Å². The van der Waals surface area contributed by atoms with Gasteiger partial charge in [0.1, 0.15) is 5.78 Å². The molecule has 1 aromatic heterocycles. The van der Waals surface area contributed by atoms with E-state index < -0.39 is 11.5 Å². The molecule has 0 aliphatic carbocycles. The summed E-state index contributed by atoms with van der Waals surface area (Å²) >= 11 is 0. The maximum Gasteiger partial charge on any atom is 0.284 e. The third-order valence-electron chi connectivity index (χ3n) is 1.46. The van der Waals surface area contributed by atoms with Crippen LogP contribution in [0, 0.1) is 0 Å². The molecule has 0 bridgehead atoms. The van der Waals surface area contributed by atoms with Gasteiger partial charge in [-0.15, -0.1) is 0 Å². The first kappa shape index (κ1) is 10.1. The fourth-order valence-electron chi connectivity index (χ4n) is 0.970. The zero-order valence-electron chi connectivity index (χ0n) is 7.53. The average molecular weight is 195 g/mol. The first-order valence-electron chi connectivity index (χ1n) is 3.88. The maximum atomic E-state index is 11.0. The lowest BCUT2D eigenvalue weighted by molar-refractivity contribution is -0.116. The van der Waals surface area contributed by atoms with Gasteiger partial charge in [0, 0.05) is 12.5 Å². The van der Waals surface area contributed by atoms with Crippen molar-refractivity contribution >= 4 is 11.7 Å². The van der Waals surface area contributed by atoms with Crippen LogP contribution >= 0.6 is 0 Å². The molecule has 74 valence electrons. The minimum Gasteiger partial charge on any atom is -0.363 e. The standard InChI is InChI=1S/C8H9N3O3/c1-4(12)2-5-3-6(13)11-8(10-5)7(9)14/h3H,2H2,1H3,(H2,9,14)(H,10,11,13). The SMILES string of the molecule is CC(=O)Cc1cc(=O)[nH]c(C(N)=O)n1. The number of hydrogen-bond donors (Lipinski definition) is 2. The third-order valence-corrected chi connectivity index (χ3v) is 1.46. The number of amides is 1. The molecular formula is C8H9N3O3. The second kappa shape index (κ2) is 3.82. The van der Waals surface area contributed by atoms with Gasteiger partial charge in [-0.2, -0.15) is 0 Å². The molecule has 0 spiro atoms. The molecule has 14 heavy (non-hydrogen) atoms. The molecular weight excluding hydrogens is 186 g/mol. The van der Waals surface area contributed by atoms with Gasteiger partial charge >= 0.3 is 0 Å². The quantitative estimate of drug-likeness (QED) is 0.645. The molecule has 1 rings (SSSR count). The van der Waals surface area contributed by atoms with Gasteiger partial charge in [-0.05, 0) is 6.92 Å². The van der Waals surface area contributed by atoms with Crippen LogP contribution in [0.3, 0.4) is 0 Å². The molecule has 0 atom stereocenters. The Morgan fingerprint density at radius 3 is 2.71 bits per heavy atom. The number of rotatable bonds is 3. The second-order valence-corrected chi connectivity index (χ2v) is 2.83. The predicted octanol–water partition coefficient (Wildman–Crippen LogP) is -1.000. The second-order valence-electron chi connectivity index (χ2n) is 2.83. The van der Waals surface area contributed by atoms with E-state index in [-0.39, 0.29) is 23.7 Å². The minimum absolute atomic E-state index is 0.0181. The summed E-state index contributed by atoms with van der Waals surface area (Å²) in [5, 5.41) is 0. The van der Waals surface area contributed by atoms with E-state index >= 15 is 0 Å². The van der Waals surface area contributed by atoms with Gasteiger partial charge in [0.25, 0.3) is 11.5 Å². The lowest BCUT2D eigenvalue weighted by Crippen LogP contribution is -2.22. The number of nitrogens with zero attached hydrogens (tertiary/aromatic N) is 1. The van der Waals surface area contributed by atoms with Gasteiger partial charge in [0.2, 0.25) is 0 Å². The molecule has 1 aromatic rings. The number of nitrogens with one attached hydrogen (secondary N) is 1. The lowest BCUT2D eigenvalue weighted by atomic mass is 10.2. The number of nitrogens with two attached hydrogens (primary N) is 1. The van der Waals surface area contributed by atoms with Gasteiger partial charge < -0.3 is 10.7 Å². The van der Waals surface area contributed by atoms with E-state index in [2.05, 4.69) is 9.97 Å². The highest BCUT2D eigenvalue weighted by Gasteiger charge is 2.07. The molecule has 1 heterocycles. The van der Waals surface area contributed by atoms with Crippen molar-refractivity contribution in [3.63, 3.8) is 0 Å². The summed E-state index contributed by atoms with van der Waals surface area (Å²) in [6.07, 6.45) is 0.0181. The van der Waals surface area contributed by atoms with E-state index in [1.165, 1.54) is 6.92 Å². The molecule has 0 saturated carbocycles. The first-order chi connectivity index (χ1) is 6.49. The van der Waals surface area contributed by atoms with Crippen molar-refractivity contribution in [3.8, 4) is 0 Å².